The highest BCUT2D eigenvalue weighted by Crippen LogP contribution is 2.34. The van der Waals surface area contributed by atoms with Crippen molar-refractivity contribution in [3.8, 4) is 0 Å². The second-order valence-corrected chi connectivity index (χ2v) is 8.79. The van der Waals surface area contributed by atoms with E-state index in [1.165, 1.54) is 25.7 Å². The number of hydrogen-bond donors (Lipinski definition) is 1. The molecule has 1 saturated carbocycles. The van der Waals surface area contributed by atoms with Gasteiger partial charge in [-0.3, -0.25) is 10.1 Å². The zero-order valence-corrected chi connectivity index (χ0v) is 15.0. The van der Waals surface area contributed by atoms with Gasteiger partial charge in [-0.25, -0.2) is 0 Å². The van der Waals surface area contributed by atoms with Gasteiger partial charge in [0.05, 0.1) is 12.2 Å². The summed E-state index contributed by atoms with van der Waals surface area (Å²) in [5, 5.41) is 3.68. The van der Waals surface area contributed by atoms with E-state index in [-0.39, 0.29) is 17.0 Å². The van der Waals surface area contributed by atoms with E-state index < -0.39 is 0 Å². The predicted molar refractivity (Wildman–Crippen MR) is 91.5 cm³/mol. The first-order valence-electron chi connectivity index (χ1n) is 8.60. The molecule has 2 rings (SSSR count). The largest absolute Gasteiger partial charge is 0.324 e. The number of amides is 1. The molecule has 1 N–H and O–H groups in total. The summed E-state index contributed by atoms with van der Waals surface area (Å²) >= 11 is 1.86. The lowest BCUT2D eigenvalue weighted by Crippen LogP contribution is -2.47. The van der Waals surface area contributed by atoms with Gasteiger partial charge in [-0.2, -0.15) is 11.8 Å². The Bertz CT molecular complexity index is 353. The molecule has 0 bridgehead atoms. The molecule has 0 aromatic carbocycles. The monoisotopic (exact) mass is 312 g/mol. The van der Waals surface area contributed by atoms with Crippen LogP contribution in [0.5, 0.6) is 0 Å². The molecule has 122 valence electrons. The Hall–Kier alpha value is -0.220. The fourth-order valence-corrected chi connectivity index (χ4v) is 3.90. The summed E-state index contributed by atoms with van der Waals surface area (Å²) in [7, 11) is 0. The van der Waals surface area contributed by atoms with Crippen LogP contribution in [0.4, 0.5) is 0 Å². The van der Waals surface area contributed by atoms with Crippen molar-refractivity contribution in [2.45, 2.75) is 82.7 Å². The summed E-state index contributed by atoms with van der Waals surface area (Å²) in [5.41, 5.74) is 0. The molecule has 0 aromatic rings. The zero-order valence-electron chi connectivity index (χ0n) is 14.2. The van der Waals surface area contributed by atoms with Crippen molar-refractivity contribution in [3.63, 3.8) is 0 Å². The first-order chi connectivity index (χ1) is 9.98. The summed E-state index contributed by atoms with van der Waals surface area (Å²) in [5.74, 6) is 1.01. The van der Waals surface area contributed by atoms with Crippen LogP contribution in [0.15, 0.2) is 0 Å². The Morgan fingerprint density at radius 2 is 2.00 bits per heavy atom. The summed E-state index contributed by atoms with van der Waals surface area (Å²) in [4.78, 5) is 15.0. The number of nitrogens with one attached hydrogen (secondary N) is 1. The molecule has 1 heterocycles. The van der Waals surface area contributed by atoms with Crippen LogP contribution in [0.2, 0.25) is 0 Å². The maximum absolute atomic E-state index is 12.8. The quantitative estimate of drug-likeness (QED) is 0.779. The molecule has 2 fully saturated rings. The Morgan fingerprint density at radius 1 is 1.33 bits per heavy atom. The average Bonchev–Trinajstić information content (AvgIpc) is 3.07. The van der Waals surface area contributed by atoms with Gasteiger partial charge in [-0.1, -0.05) is 32.6 Å². The fraction of sp³-hybridized carbons (Fsp3) is 0.941. The van der Waals surface area contributed by atoms with Crippen molar-refractivity contribution in [1.82, 2.24) is 10.2 Å². The van der Waals surface area contributed by atoms with Crippen molar-refractivity contribution in [3.05, 3.63) is 0 Å². The standard InChI is InChI=1S/C17H32N2OS/c1-5-6-11-14-16(20)19(12-17(2,3)21-4)15(18-14)13-9-7-8-10-13/h13-15,18H,5-12H2,1-4H3. The molecule has 1 amide bonds. The highest BCUT2D eigenvalue weighted by atomic mass is 32.2. The Morgan fingerprint density at radius 3 is 2.57 bits per heavy atom. The van der Waals surface area contributed by atoms with Gasteiger partial charge in [0.2, 0.25) is 5.91 Å². The second-order valence-electron chi connectivity index (χ2n) is 7.28. The number of unbranched alkanes of at least 4 members (excludes halogenated alkanes) is 1. The third-order valence-corrected chi connectivity index (χ3v) is 6.32. The molecule has 1 saturated heterocycles. The Labute approximate surface area is 134 Å². The van der Waals surface area contributed by atoms with E-state index in [1.807, 2.05) is 11.8 Å². The normalized spacial score (nSPS) is 27.8. The maximum Gasteiger partial charge on any atom is 0.241 e. The highest BCUT2D eigenvalue weighted by molar-refractivity contribution is 7.99. The van der Waals surface area contributed by atoms with E-state index in [9.17, 15) is 4.79 Å². The van der Waals surface area contributed by atoms with Crippen LogP contribution in [0.25, 0.3) is 0 Å². The molecule has 4 heteroatoms. The molecule has 21 heavy (non-hydrogen) atoms. The lowest BCUT2D eigenvalue weighted by molar-refractivity contribution is -0.131. The molecule has 2 aliphatic rings. The number of rotatable bonds is 7. The van der Waals surface area contributed by atoms with E-state index in [1.54, 1.807) is 0 Å². The van der Waals surface area contributed by atoms with Crippen LogP contribution in [0, 0.1) is 5.92 Å². The smallest absolute Gasteiger partial charge is 0.241 e. The number of carbonyl (C=O) groups excluding carboxylic acids is 1. The van der Waals surface area contributed by atoms with Crippen LogP contribution in [-0.2, 0) is 4.79 Å². The topological polar surface area (TPSA) is 32.3 Å². The first-order valence-corrected chi connectivity index (χ1v) is 9.82. The molecular weight excluding hydrogens is 280 g/mol. The van der Waals surface area contributed by atoms with Crippen LogP contribution in [0.3, 0.4) is 0 Å². The van der Waals surface area contributed by atoms with Crippen molar-refractivity contribution in [2.75, 3.05) is 12.8 Å². The molecule has 2 atom stereocenters. The molecule has 0 aromatic heterocycles. The molecule has 2 unspecified atom stereocenters. The Balaban J connectivity index is 2.09. The third-order valence-electron chi connectivity index (χ3n) is 5.09. The van der Waals surface area contributed by atoms with Gasteiger partial charge in [0, 0.05) is 11.3 Å². The van der Waals surface area contributed by atoms with E-state index in [0.29, 0.717) is 11.8 Å². The van der Waals surface area contributed by atoms with Gasteiger partial charge in [-0.05, 0) is 45.3 Å². The molecule has 3 nitrogen and oxygen atoms in total. The number of carbonyl (C=O) groups is 1. The predicted octanol–water partition coefficient (Wildman–Crippen LogP) is 3.63. The molecule has 1 aliphatic heterocycles. The molecule has 0 spiro atoms. The van der Waals surface area contributed by atoms with E-state index in [0.717, 1.165) is 25.8 Å². The molecule has 1 aliphatic carbocycles. The first kappa shape index (κ1) is 17.1. The Kier molecular flexibility index (Phi) is 6.01. The van der Waals surface area contributed by atoms with E-state index in [2.05, 4.69) is 37.2 Å². The summed E-state index contributed by atoms with van der Waals surface area (Å²) in [6, 6.07) is 0.0632. The lowest BCUT2D eigenvalue weighted by atomic mass is 10.0. The van der Waals surface area contributed by atoms with Crippen LogP contribution in [0.1, 0.15) is 65.7 Å². The van der Waals surface area contributed by atoms with Gasteiger partial charge in [-0.15, -0.1) is 0 Å². The van der Waals surface area contributed by atoms with Crippen molar-refractivity contribution in [2.24, 2.45) is 5.92 Å². The van der Waals surface area contributed by atoms with Crippen molar-refractivity contribution < 1.29 is 4.79 Å². The zero-order chi connectivity index (χ0) is 15.5. The van der Waals surface area contributed by atoms with E-state index in [4.69, 9.17) is 0 Å². The highest BCUT2D eigenvalue weighted by Gasteiger charge is 2.44. The SMILES string of the molecule is CCCCC1NC(C2CCCC2)N(CC(C)(C)SC)C1=O. The van der Waals surface area contributed by atoms with E-state index >= 15 is 0 Å². The summed E-state index contributed by atoms with van der Waals surface area (Å²) in [6.45, 7) is 7.55. The van der Waals surface area contributed by atoms with Crippen LogP contribution < -0.4 is 5.32 Å². The second kappa shape index (κ2) is 7.36. The number of thioether (sulfide) groups is 1. The van der Waals surface area contributed by atoms with Gasteiger partial charge < -0.3 is 4.90 Å². The van der Waals surface area contributed by atoms with Gasteiger partial charge in [0.15, 0.2) is 0 Å². The van der Waals surface area contributed by atoms with Gasteiger partial charge >= 0.3 is 0 Å². The van der Waals surface area contributed by atoms with Crippen LogP contribution >= 0.6 is 11.8 Å². The summed E-state index contributed by atoms with van der Waals surface area (Å²) in [6.07, 6.45) is 10.9. The number of nitrogens with zero attached hydrogens (tertiary/aromatic N) is 1. The lowest BCUT2D eigenvalue weighted by Gasteiger charge is -2.35. The number of hydrogen-bond acceptors (Lipinski definition) is 3. The van der Waals surface area contributed by atoms with Crippen LogP contribution in [-0.4, -0.2) is 40.6 Å². The molecule has 0 radical (unpaired) electrons. The minimum absolute atomic E-state index is 0.0632. The molecular formula is C17H32N2OS. The van der Waals surface area contributed by atoms with Gasteiger partial charge in [0.1, 0.15) is 0 Å². The van der Waals surface area contributed by atoms with Gasteiger partial charge in [0.25, 0.3) is 0 Å². The summed E-state index contributed by atoms with van der Waals surface area (Å²) < 4.78 is 0.133. The minimum atomic E-state index is 0.0632. The minimum Gasteiger partial charge on any atom is -0.324 e. The van der Waals surface area contributed by atoms with Crippen molar-refractivity contribution >= 4 is 17.7 Å². The fourth-order valence-electron chi connectivity index (χ4n) is 3.63. The van der Waals surface area contributed by atoms with Crippen molar-refractivity contribution in [1.29, 1.82) is 0 Å². The maximum atomic E-state index is 12.8. The average molecular weight is 313 g/mol. The third kappa shape index (κ3) is 4.16.